The van der Waals surface area contributed by atoms with Crippen LogP contribution in [0.15, 0.2) is 42.6 Å². The lowest BCUT2D eigenvalue weighted by molar-refractivity contribution is -0.130. The monoisotopic (exact) mass is 395 g/mol. The molecule has 3 rings (SSSR count). The molecule has 0 unspecified atom stereocenters. The van der Waals surface area contributed by atoms with E-state index in [9.17, 15) is 14.9 Å². The number of carbonyl (C=O) groups is 2. The highest BCUT2D eigenvalue weighted by molar-refractivity contribution is 5.77. The maximum absolute atomic E-state index is 12.4. The summed E-state index contributed by atoms with van der Waals surface area (Å²) >= 11 is 0. The predicted octanol–water partition coefficient (Wildman–Crippen LogP) is 2.62. The molecule has 3 amide bonds. The first-order chi connectivity index (χ1) is 14.1. The first-order valence-electron chi connectivity index (χ1n) is 10.3. The second-order valence-electron chi connectivity index (χ2n) is 7.59. The number of rotatable bonds is 8. The molecule has 1 aromatic carbocycles. The molecule has 2 aliphatic rings. The van der Waals surface area contributed by atoms with E-state index in [1.807, 2.05) is 43.3 Å². The van der Waals surface area contributed by atoms with E-state index < -0.39 is 5.41 Å². The van der Waals surface area contributed by atoms with Gasteiger partial charge in [0, 0.05) is 25.3 Å². The minimum absolute atomic E-state index is 0.179. The van der Waals surface area contributed by atoms with Crippen molar-refractivity contribution in [1.29, 1.82) is 5.26 Å². The van der Waals surface area contributed by atoms with Gasteiger partial charge in [-0.3, -0.25) is 9.80 Å². The maximum atomic E-state index is 12.4. The van der Waals surface area contributed by atoms with Gasteiger partial charge < -0.3 is 10.2 Å². The SMILES string of the molecule is CCN1C=CCN(N(C=O)CCNC2CCC(C#N)(c3ccccc3)CC2)C1=O. The van der Waals surface area contributed by atoms with E-state index in [0.717, 1.165) is 31.2 Å². The third-order valence-corrected chi connectivity index (χ3v) is 5.96. The normalized spacial score (nSPS) is 24.3. The Morgan fingerprint density at radius 3 is 2.66 bits per heavy atom. The van der Waals surface area contributed by atoms with E-state index in [4.69, 9.17) is 0 Å². The van der Waals surface area contributed by atoms with Crippen LogP contribution in [0.5, 0.6) is 0 Å². The molecule has 1 aliphatic heterocycles. The molecule has 0 saturated heterocycles. The number of benzene rings is 1. The Hall–Kier alpha value is -2.85. The topological polar surface area (TPSA) is 79.7 Å². The summed E-state index contributed by atoms with van der Waals surface area (Å²) in [5.74, 6) is 0. The molecule has 1 saturated carbocycles. The van der Waals surface area contributed by atoms with Crippen molar-refractivity contribution in [2.45, 2.75) is 44.1 Å². The molecule has 7 heteroatoms. The zero-order chi connectivity index (χ0) is 20.7. The number of carbonyl (C=O) groups excluding carboxylic acids is 2. The van der Waals surface area contributed by atoms with E-state index in [-0.39, 0.29) is 6.03 Å². The molecule has 1 aliphatic carbocycles. The Morgan fingerprint density at radius 1 is 1.31 bits per heavy atom. The zero-order valence-corrected chi connectivity index (χ0v) is 17.0. The van der Waals surface area contributed by atoms with Crippen LogP contribution in [0.1, 0.15) is 38.2 Å². The first-order valence-corrected chi connectivity index (χ1v) is 10.3. The Labute approximate surface area is 172 Å². The smallest absolute Gasteiger partial charge is 0.312 e. The van der Waals surface area contributed by atoms with Crippen molar-refractivity contribution in [2.75, 3.05) is 26.2 Å². The van der Waals surface area contributed by atoms with Gasteiger partial charge in [0.15, 0.2) is 0 Å². The van der Waals surface area contributed by atoms with Gasteiger partial charge in [-0.2, -0.15) is 5.26 Å². The number of nitrogens with zero attached hydrogens (tertiary/aromatic N) is 4. The Kier molecular flexibility index (Phi) is 6.89. The molecule has 1 heterocycles. The van der Waals surface area contributed by atoms with E-state index in [1.165, 1.54) is 10.0 Å². The van der Waals surface area contributed by atoms with Gasteiger partial charge >= 0.3 is 6.03 Å². The maximum Gasteiger partial charge on any atom is 0.343 e. The van der Waals surface area contributed by atoms with Gasteiger partial charge in [-0.1, -0.05) is 30.3 Å². The highest BCUT2D eigenvalue weighted by Crippen LogP contribution is 2.38. The molecule has 29 heavy (non-hydrogen) atoms. The second kappa shape index (κ2) is 9.57. The fourth-order valence-corrected chi connectivity index (χ4v) is 4.17. The lowest BCUT2D eigenvalue weighted by Gasteiger charge is -2.38. The summed E-state index contributed by atoms with van der Waals surface area (Å²) in [7, 11) is 0. The summed E-state index contributed by atoms with van der Waals surface area (Å²) in [4.78, 5) is 25.5. The van der Waals surface area contributed by atoms with Crippen LogP contribution in [0.2, 0.25) is 0 Å². The van der Waals surface area contributed by atoms with Crippen LogP contribution in [0, 0.1) is 11.3 Å². The van der Waals surface area contributed by atoms with Crippen molar-refractivity contribution in [3.63, 3.8) is 0 Å². The van der Waals surface area contributed by atoms with Gasteiger partial charge in [-0.15, -0.1) is 0 Å². The highest BCUT2D eigenvalue weighted by atomic mass is 16.2. The molecule has 7 nitrogen and oxygen atoms in total. The number of nitriles is 1. The van der Waals surface area contributed by atoms with E-state index >= 15 is 0 Å². The number of nitrogens with one attached hydrogen (secondary N) is 1. The molecule has 154 valence electrons. The summed E-state index contributed by atoms with van der Waals surface area (Å²) < 4.78 is 0. The molecule has 1 aromatic rings. The van der Waals surface area contributed by atoms with Crippen LogP contribution in [0.25, 0.3) is 0 Å². The van der Waals surface area contributed by atoms with Crippen molar-refractivity contribution < 1.29 is 9.59 Å². The van der Waals surface area contributed by atoms with Crippen LogP contribution in [-0.2, 0) is 10.2 Å². The molecule has 0 aromatic heterocycles. The standard InChI is InChI=1S/C22H29N5O2/c1-2-25-14-6-15-27(21(25)29)26(18-28)16-13-24-20-9-11-22(17-23,12-10-20)19-7-4-3-5-8-19/h3-8,14,18,20,24H,2,9-13,15-16H2,1H3. The minimum atomic E-state index is -0.398. The fourth-order valence-electron chi connectivity index (χ4n) is 4.17. The van der Waals surface area contributed by atoms with Crippen LogP contribution in [-0.4, -0.2) is 59.6 Å². The highest BCUT2D eigenvalue weighted by Gasteiger charge is 2.37. The lowest BCUT2D eigenvalue weighted by Crippen LogP contribution is -2.54. The molecule has 0 atom stereocenters. The number of hydrogen-bond acceptors (Lipinski definition) is 4. The quantitative estimate of drug-likeness (QED) is 0.686. The van der Waals surface area contributed by atoms with E-state index in [2.05, 4.69) is 11.4 Å². The minimum Gasteiger partial charge on any atom is -0.312 e. The Morgan fingerprint density at radius 2 is 2.03 bits per heavy atom. The lowest BCUT2D eigenvalue weighted by atomic mass is 9.69. The summed E-state index contributed by atoms with van der Waals surface area (Å²) in [5, 5.41) is 16.2. The Balaban J connectivity index is 1.49. The molecular weight excluding hydrogens is 366 g/mol. The number of amides is 3. The first kappa shape index (κ1) is 20.9. The molecule has 1 N–H and O–H groups in total. The molecular formula is C22H29N5O2. The van der Waals surface area contributed by atoms with E-state index in [1.54, 1.807) is 11.1 Å². The van der Waals surface area contributed by atoms with Gasteiger partial charge in [0.25, 0.3) is 0 Å². The third-order valence-electron chi connectivity index (χ3n) is 5.96. The summed E-state index contributed by atoms with van der Waals surface area (Å²) in [6, 6.07) is 12.7. The van der Waals surface area contributed by atoms with Gasteiger partial charge in [0.05, 0.1) is 24.6 Å². The van der Waals surface area contributed by atoms with E-state index in [0.29, 0.717) is 38.6 Å². The average Bonchev–Trinajstić information content (AvgIpc) is 2.78. The largest absolute Gasteiger partial charge is 0.343 e. The van der Waals surface area contributed by atoms with Crippen molar-refractivity contribution >= 4 is 12.4 Å². The summed E-state index contributed by atoms with van der Waals surface area (Å²) in [6.45, 7) is 3.91. The van der Waals surface area contributed by atoms with Crippen LogP contribution >= 0.6 is 0 Å². The molecule has 0 radical (unpaired) electrons. The number of hydrogen-bond donors (Lipinski definition) is 1. The number of hydrazine groups is 1. The van der Waals surface area contributed by atoms with Crippen molar-refractivity contribution in [1.82, 2.24) is 20.2 Å². The summed E-state index contributed by atoms with van der Waals surface area (Å²) in [6.07, 6.45) is 7.82. The second-order valence-corrected chi connectivity index (χ2v) is 7.59. The van der Waals surface area contributed by atoms with Gasteiger partial charge in [0.1, 0.15) is 0 Å². The predicted molar refractivity (Wildman–Crippen MR) is 110 cm³/mol. The van der Waals surface area contributed by atoms with Gasteiger partial charge in [-0.25, -0.2) is 9.80 Å². The van der Waals surface area contributed by atoms with Crippen molar-refractivity contribution in [3.05, 3.63) is 48.2 Å². The van der Waals surface area contributed by atoms with Crippen LogP contribution in [0.4, 0.5) is 4.79 Å². The number of urea groups is 1. The summed E-state index contributed by atoms with van der Waals surface area (Å²) in [5.41, 5.74) is 0.704. The third kappa shape index (κ3) is 4.60. The van der Waals surface area contributed by atoms with Crippen LogP contribution < -0.4 is 5.32 Å². The molecule has 0 bridgehead atoms. The van der Waals surface area contributed by atoms with Crippen LogP contribution in [0.3, 0.4) is 0 Å². The Bertz CT molecular complexity index is 765. The van der Waals surface area contributed by atoms with Gasteiger partial charge in [0.2, 0.25) is 6.41 Å². The van der Waals surface area contributed by atoms with Crippen molar-refractivity contribution in [3.8, 4) is 6.07 Å². The van der Waals surface area contributed by atoms with Crippen molar-refractivity contribution in [2.24, 2.45) is 0 Å². The molecule has 1 fully saturated rings. The van der Waals surface area contributed by atoms with Gasteiger partial charge in [-0.05, 0) is 44.2 Å². The molecule has 0 spiro atoms. The zero-order valence-electron chi connectivity index (χ0n) is 17.0. The fraction of sp³-hybridized carbons (Fsp3) is 0.500. The average molecular weight is 396 g/mol.